The number of halogens is 1. The van der Waals surface area contributed by atoms with E-state index in [2.05, 4.69) is 15.5 Å². The average molecular weight is 446 g/mol. The second kappa shape index (κ2) is 9.74. The number of benzene rings is 1. The second-order valence-electron chi connectivity index (χ2n) is 8.33. The molecule has 2 fully saturated rings. The first kappa shape index (κ1) is 21.7. The topological polar surface area (TPSA) is 77.6 Å². The summed E-state index contributed by atoms with van der Waals surface area (Å²) in [5.41, 5.74) is 1.43. The van der Waals surface area contributed by atoms with Gasteiger partial charge in [0, 0.05) is 43.7 Å². The van der Waals surface area contributed by atoms with Gasteiger partial charge in [-0.15, -0.1) is 11.3 Å². The number of likely N-dealkylation sites (tertiary alicyclic amines) is 1. The quantitative estimate of drug-likeness (QED) is 0.679. The van der Waals surface area contributed by atoms with E-state index in [1.54, 1.807) is 19.1 Å². The average Bonchev–Trinajstić information content (AvgIpc) is 3.45. The van der Waals surface area contributed by atoms with Gasteiger partial charge in [0.25, 0.3) is 0 Å². The fraction of sp³-hybridized carbons (Fsp3) is 0.500. The normalized spacial score (nSPS) is 19.1. The molecule has 1 unspecified atom stereocenters. The Balaban J connectivity index is 1.25. The van der Waals surface area contributed by atoms with Gasteiger partial charge in [0.15, 0.2) is 5.13 Å². The zero-order valence-electron chi connectivity index (χ0n) is 17.6. The number of aromatic nitrogens is 1. The molecule has 7 nitrogen and oxygen atoms in total. The molecule has 31 heavy (non-hydrogen) atoms. The highest BCUT2D eigenvalue weighted by molar-refractivity contribution is 7.14. The smallest absolute Gasteiger partial charge is 0.319 e. The molecule has 2 aliphatic rings. The van der Waals surface area contributed by atoms with Crippen LogP contribution in [0.3, 0.4) is 0 Å². The van der Waals surface area contributed by atoms with Crippen molar-refractivity contribution in [2.24, 2.45) is 5.92 Å². The Labute approximate surface area is 185 Å². The first-order chi connectivity index (χ1) is 15.0. The molecule has 2 N–H and O–H groups in total. The van der Waals surface area contributed by atoms with Gasteiger partial charge < -0.3 is 10.6 Å². The lowest BCUT2D eigenvalue weighted by Crippen LogP contribution is -2.41. The van der Waals surface area contributed by atoms with Gasteiger partial charge in [-0.05, 0) is 56.3 Å². The number of nitrogens with zero attached hydrogens (tertiary/aromatic N) is 3. The number of piperidine rings is 1. The van der Waals surface area contributed by atoms with E-state index in [0.29, 0.717) is 24.2 Å². The standard InChI is InChI=1S/C22H28FN5O2S/c1-15(29)28(20-7-8-20)22-26-19(14-31-22)13-27-9-3-4-16(12-27)11-24-21(30)25-18-6-2-5-17(23)10-18/h2,5-6,10,14,16,20H,3-4,7-9,11-13H2,1H3,(H2,24,25,30). The number of carbonyl (C=O) groups excluding carboxylic acids is 2. The van der Waals surface area contributed by atoms with Crippen molar-refractivity contribution in [2.45, 2.75) is 45.2 Å². The van der Waals surface area contributed by atoms with Gasteiger partial charge in [-0.2, -0.15) is 0 Å². The SMILES string of the molecule is CC(=O)N(c1nc(CN2CCCC(CNC(=O)Nc3cccc(F)c3)C2)cs1)C1CC1. The molecule has 0 spiro atoms. The minimum absolute atomic E-state index is 0.0593. The van der Waals surface area contributed by atoms with Gasteiger partial charge in [0.05, 0.1) is 5.69 Å². The first-order valence-corrected chi connectivity index (χ1v) is 11.6. The van der Waals surface area contributed by atoms with Crippen molar-refractivity contribution in [3.8, 4) is 0 Å². The van der Waals surface area contributed by atoms with Crippen LogP contribution >= 0.6 is 11.3 Å². The second-order valence-corrected chi connectivity index (χ2v) is 9.17. The van der Waals surface area contributed by atoms with E-state index in [9.17, 15) is 14.0 Å². The lowest BCUT2D eigenvalue weighted by Gasteiger charge is -2.32. The van der Waals surface area contributed by atoms with Crippen LogP contribution in [0.15, 0.2) is 29.6 Å². The lowest BCUT2D eigenvalue weighted by molar-refractivity contribution is -0.116. The molecular weight excluding hydrogens is 417 g/mol. The number of thiazole rings is 1. The van der Waals surface area contributed by atoms with E-state index >= 15 is 0 Å². The van der Waals surface area contributed by atoms with Gasteiger partial charge >= 0.3 is 6.03 Å². The minimum atomic E-state index is -0.380. The molecule has 1 saturated heterocycles. The summed E-state index contributed by atoms with van der Waals surface area (Å²) in [6.07, 6.45) is 4.24. The third kappa shape index (κ3) is 6.01. The lowest BCUT2D eigenvalue weighted by atomic mass is 9.98. The number of nitrogens with one attached hydrogen (secondary N) is 2. The summed E-state index contributed by atoms with van der Waals surface area (Å²) >= 11 is 1.54. The molecule has 1 aromatic carbocycles. The van der Waals surface area contributed by atoms with Crippen molar-refractivity contribution in [1.82, 2.24) is 15.2 Å². The summed E-state index contributed by atoms with van der Waals surface area (Å²) in [4.78, 5) is 33.0. The van der Waals surface area contributed by atoms with Gasteiger partial charge in [-0.1, -0.05) is 6.07 Å². The maximum atomic E-state index is 13.2. The Morgan fingerprint density at radius 1 is 1.32 bits per heavy atom. The van der Waals surface area contributed by atoms with Crippen LogP contribution in [-0.4, -0.2) is 47.5 Å². The summed E-state index contributed by atoms with van der Waals surface area (Å²) in [6.45, 7) is 4.80. The summed E-state index contributed by atoms with van der Waals surface area (Å²) in [5.74, 6) is 0.0313. The zero-order valence-corrected chi connectivity index (χ0v) is 18.5. The van der Waals surface area contributed by atoms with Crippen LogP contribution in [0.25, 0.3) is 0 Å². The van der Waals surface area contributed by atoms with Gasteiger partial charge in [0.2, 0.25) is 5.91 Å². The van der Waals surface area contributed by atoms with Crippen LogP contribution < -0.4 is 15.5 Å². The van der Waals surface area contributed by atoms with Crippen LogP contribution in [0.1, 0.15) is 38.3 Å². The Kier molecular flexibility index (Phi) is 6.82. The molecular formula is C22H28FN5O2S. The number of amides is 3. The Morgan fingerprint density at radius 3 is 2.90 bits per heavy atom. The number of anilines is 2. The Hall–Kier alpha value is -2.52. The predicted octanol–water partition coefficient (Wildman–Crippen LogP) is 3.83. The summed E-state index contributed by atoms with van der Waals surface area (Å²) in [6, 6.07) is 5.85. The van der Waals surface area contributed by atoms with Crippen molar-refractivity contribution in [3.05, 3.63) is 41.2 Å². The molecule has 0 bridgehead atoms. The number of carbonyl (C=O) groups is 2. The fourth-order valence-corrected chi connectivity index (χ4v) is 4.96. The molecule has 9 heteroatoms. The molecule has 1 saturated carbocycles. The van der Waals surface area contributed by atoms with E-state index in [0.717, 1.165) is 56.1 Å². The number of rotatable bonds is 7. The van der Waals surface area contributed by atoms with Crippen molar-refractivity contribution in [1.29, 1.82) is 0 Å². The number of hydrogen-bond acceptors (Lipinski definition) is 5. The van der Waals surface area contributed by atoms with Crippen LogP contribution in [0.4, 0.5) is 20.0 Å². The van der Waals surface area contributed by atoms with Crippen molar-refractivity contribution >= 4 is 34.1 Å². The van der Waals surface area contributed by atoms with Gasteiger partial charge in [-0.25, -0.2) is 14.2 Å². The molecule has 1 aromatic heterocycles. The molecule has 2 aromatic rings. The summed E-state index contributed by atoms with van der Waals surface area (Å²) in [7, 11) is 0. The number of hydrogen-bond donors (Lipinski definition) is 2. The van der Waals surface area contributed by atoms with Crippen LogP contribution in [0.5, 0.6) is 0 Å². The highest BCUT2D eigenvalue weighted by Crippen LogP contribution is 2.34. The van der Waals surface area contributed by atoms with E-state index in [1.807, 2.05) is 10.3 Å². The molecule has 3 amide bonds. The van der Waals surface area contributed by atoms with Crippen molar-refractivity contribution in [3.63, 3.8) is 0 Å². The van der Waals surface area contributed by atoms with E-state index < -0.39 is 0 Å². The van der Waals surface area contributed by atoms with Crippen molar-refractivity contribution in [2.75, 3.05) is 29.9 Å². The highest BCUT2D eigenvalue weighted by Gasteiger charge is 2.33. The maximum absolute atomic E-state index is 13.2. The highest BCUT2D eigenvalue weighted by atomic mass is 32.1. The van der Waals surface area contributed by atoms with E-state index in [1.165, 1.54) is 23.5 Å². The Bertz CT molecular complexity index is 932. The van der Waals surface area contributed by atoms with Crippen LogP contribution in [0.2, 0.25) is 0 Å². The molecule has 2 heterocycles. The third-order valence-electron chi connectivity index (χ3n) is 5.62. The van der Waals surface area contributed by atoms with Crippen LogP contribution in [-0.2, 0) is 11.3 Å². The first-order valence-electron chi connectivity index (χ1n) is 10.7. The Morgan fingerprint density at radius 2 is 2.16 bits per heavy atom. The molecule has 4 rings (SSSR count). The van der Waals surface area contributed by atoms with Gasteiger partial charge in [-0.3, -0.25) is 14.6 Å². The third-order valence-corrected chi connectivity index (χ3v) is 6.51. The molecule has 1 aliphatic heterocycles. The molecule has 1 aliphatic carbocycles. The molecule has 166 valence electrons. The van der Waals surface area contributed by atoms with Gasteiger partial charge in [0.1, 0.15) is 5.82 Å². The largest absolute Gasteiger partial charge is 0.338 e. The minimum Gasteiger partial charge on any atom is -0.338 e. The van der Waals surface area contributed by atoms with Crippen LogP contribution in [0, 0.1) is 11.7 Å². The summed E-state index contributed by atoms with van der Waals surface area (Å²) < 4.78 is 13.2. The number of urea groups is 1. The maximum Gasteiger partial charge on any atom is 0.319 e. The monoisotopic (exact) mass is 445 g/mol. The molecule has 1 atom stereocenters. The van der Waals surface area contributed by atoms with Crippen molar-refractivity contribution < 1.29 is 14.0 Å². The predicted molar refractivity (Wildman–Crippen MR) is 120 cm³/mol. The van der Waals surface area contributed by atoms with E-state index in [-0.39, 0.29) is 17.8 Å². The van der Waals surface area contributed by atoms with E-state index in [4.69, 9.17) is 4.98 Å². The summed E-state index contributed by atoms with van der Waals surface area (Å²) in [5, 5.41) is 8.41. The zero-order chi connectivity index (χ0) is 21.8. The molecule has 0 radical (unpaired) electrons. The fourth-order valence-electron chi connectivity index (χ4n) is 4.03.